The molecule has 43 valence electrons. The molecule has 0 aliphatic heterocycles. The van der Waals surface area contributed by atoms with Crippen molar-refractivity contribution in [2.75, 3.05) is 0 Å². The predicted octanol–water partition coefficient (Wildman–Crippen LogP) is 1.63. The number of benzene rings is 1. The van der Waals surface area contributed by atoms with Gasteiger partial charge in [-0.25, -0.2) is 0 Å². The Bertz CT molecular complexity index is 283. The number of fused-ring (bicyclic) bond motifs is 1. The van der Waals surface area contributed by atoms with Crippen LogP contribution in [0.2, 0.25) is 0 Å². The van der Waals surface area contributed by atoms with E-state index in [0.717, 1.165) is 10.9 Å². The summed E-state index contributed by atoms with van der Waals surface area (Å²) in [5.41, 5.74) is 0.789. The van der Waals surface area contributed by atoms with E-state index in [1.165, 1.54) is 0 Å². The first-order valence-electron chi connectivity index (χ1n) is 2.67. The number of nitrogens with zero attached hydrogens (tertiary/aromatic N) is 1. The summed E-state index contributed by atoms with van der Waals surface area (Å²) >= 11 is 0. The summed E-state index contributed by atoms with van der Waals surface area (Å²) in [5.74, 6) is 0. The summed E-state index contributed by atoms with van der Waals surface area (Å²) in [6, 6.07) is 8.57. The van der Waals surface area contributed by atoms with Crippen LogP contribution in [-0.4, -0.2) is 5.16 Å². The van der Waals surface area contributed by atoms with Gasteiger partial charge in [-0.2, -0.15) is 0 Å². The highest BCUT2D eigenvalue weighted by Gasteiger charge is 1.91. The second-order valence-corrected chi connectivity index (χ2v) is 1.79. The first-order valence-corrected chi connectivity index (χ1v) is 2.67. The van der Waals surface area contributed by atoms with Crippen LogP contribution in [0.1, 0.15) is 0 Å². The highest BCUT2D eigenvalue weighted by atomic mass is 16.5. The standard InChI is InChI=1S/C7H4NO/c1-2-4-7-6(3-1)5-9-8-7/h1-3,5H. The Morgan fingerprint density at radius 2 is 2.56 bits per heavy atom. The Morgan fingerprint density at radius 3 is 3.44 bits per heavy atom. The van der Waals surface area contributed by atoms with Crippen molar-refractivity contribution >= 4 is 10.9 Å². The van der Waals surface area contributed by atoms with Crippen molar-refractivity contribution < 1.29 is 4.52 Å². The molecular formula is C7H4NO. The topological polar surface area (TPSA) is 26.0 Å². The van der Waals surface area contributed by atoms with E-state index >= 15 is 0 Å². The Morgan fingerprint density at radius 1 is 1.56 bits per heavy atom. The summed E-state index contributed by atoms with van der Waals surface area (Å²) in [5, 5.41) is 4.69. The Balaban J connectivity index is 2.95. The Kier molecular flexibility index (Phi) is 0.803. The van der Waals surface area contributed by atoms with E-state index in [1.807, 2.05) is 18.2 Å². The van der Waals surface area contributed by atoms with E-state index in [9.17, 15) is 0 Å². The van der Waals surface area contributed by atoms with Crippen LogP contribution < -0.4 is 0 Å². The number of aromatic nitrogens is 1. The lowest BCUT2D eigenvalue weighted by molar-refractivity contribution is 0.428. The molecule has 2 aromatic rings. The van der Waals surface area contributed by atoms with E-state index in [2.05, 4.69) is 15.7 Å². The zero-order valence-electron chi connectivity index (χ0n) is 4.66. The van der Waals surface area contributed by atoms with Crippen molar-refractivity contribution in [2.45, 2.75) is 0 Å². The molecule has 1 radical (unpaired) electrons. The third-order valence-electron chi connectivity index (χ3n) is 1.19. The molecule has 0 unspecified atom stereocenters. The van der Waals surface area contributed by atoms with Gasteiger partial charge in [0.1, 0.15) is 11.8 Å². The average Bonchev–Trinajstić information content (AvgIpc) is 2.33. The van der Waals surface area contributed by atoms with Gasteiger partial charge in [0, 0.05) is 11.5 Å². The maximum atomic E-state index is 4.68. The molecule has 0 aliphatic rings. The number of rotatable bonds is 0. The molecule has 0 bridgehead atoms. The molecule has 1 heterocycles. The lowest BCUT2D eigenvalue weighted by Gasteiger charge is -1.77. The Labute approximate surface area is 52.1 Å². The summed E-state index contributed by atoms with van der Waals surface area (Å²) in [4.78, 5) is 0. The first kappa shape index (κ1) is 4.56. The zero-order chi connectivity index (χ0) is 6.10. The van der Waals surface area contributed by atoms with E-state index in [4.69, 9.17) is 0 Å². The number of hydrogen-bond acceptors (Lipinski definition) is 2. The molecule has 0 saturated carbocycles. The smallest absolute Gasteiger partial charge is 0.131 e. The van der Waals surface area contributed by atoms with Crippen molar-refractivity contribution in [2.24, 2.45) is 0 Å². The second kappa shape index (κ2) is 1.58. The molecule has 0 N–H and O–H groups in total. The molecule has 1 aromatic heterocycles. The molecule has 2 nitrogen and oxygen atoms in total. The Hall–Kier alpha value is -1.31. The van der Waals surface area contributed by atoms with E-state index in [1.54, 1.807) is 6.26 Å². The van der Waals surface area contributed by atoms with Gasteiger partial charge in [-0.1, -0.05) is 17.3 Å². The van der Waals surface area contributed by atoms with Crippen molar-refractivity contribution in [3.8, 4) is 0 Å². The van der Waals surface area contributed by atoms with Gasteiger partial charge < -0.3 is 4.52 Å². The largest absolute Gasteiger partial charge is 0.363 e. The highest BCUT2D eigenvalue weighted by Crippen LogP contribution is 2.08. The predicted molar refractivity (Wildman–Crippen MR) is 32.8 cm³/mol. The van der Waals surface area contributed by atoms with Gasteiger partial charge in [0.15, 0.2) is 0 Å². The molecule has 0 aliphatic carbocycles. The molecule has 0 spiro atoms. The fourth-order valence-electron chi connectivity index (χ4n) is 0.751. The van der Waals surface area contributed by atoms with Gasteiger partial charge in [-0.3, -0.25) is 0 Å². The fourth-order valence-corrected chi connectivity index (χ4v) is 0.751. The minimum atomic E-state index is 0.789. The van der Waals surface area contributed by atoms with Crippen molar-refractivity contribution in [1.29, 1.82) is 0 Å². The minimum Gasteiger partial charge on any atom is -0.363 e. The molecule has 2 heteroatoms. The molecule has 0 atom stereocenters. The minimum absolute atomic E-state index is 0.789. The van der Waals surface area contributed by atoms with Crippen LogP contribution in [0.5, 0.6) is 0 Å². The maximum Gasteiger partial charge on any atom is 0.131 e. The molecule has 0 amide bonds. The summed E-state index contributed by atoms with van der Waals surface area (Å²) in [6.07, 6.45) is 1.60. The van der Waals surface area contributed by atoms with Gasteiger partial charge >= 0.3 is 0 Å². The maximum absolute atomic E-state index is 4.68. The SMILES string of the molecule is [c]1cccc2conc12. The van der Waals surface area contributed by atoms with Gasteiger partial charge in [-0.05, 0) is 6.07 Å². The van der Waals surface area contributed by atoms with Crippen LogP contribution in [0.25, 0.3) is 10.9 Å². The van der Waals surface area contributed by atoms with Crippen LogP contribution in [-0.2, 0) is 0 Å². The van der Waals surface area contributed by atoms with Gasteiger partial charge in [0.25, 0.3) is 0 Å². The fraction of sp³-hybridized carbons (Fsp3) is 0. The molecule has 2 rings (SSSR count). The molecule has 0 fully saturated rings. The zero-order valence-corrected chi connectivity index (χ0v) is 4.66. The summed E-state index contributed by atoms with van der Waals surface area (Å²) in [6.45, 7) is 0. The summed E-state index contributed by atoms with van der Waals surface area (Å²) in [7, 11) is 0. The van der Waals surface area contributed by atoms with Crippen LogP contribution in [0.15, 0.2) is 29.0 Å². The molecule has 1 aromatic carbocycles. The second-order valence-electron chi connectivity index (χ2n) is 1.79. The monoisotopic (exact) mass is 118 g/mol. The highest BCUT2D eigenvalue weighted by molar-refractivity contribution is 5.75. The van der Waals surface area contributed by atoms with Crippen LogP contribution in [0.3, 0.4) is 0 Å². The van der Waals surface area contributed by atoms with Crippen molar-refractivity contribution in [3.05, 3.63) is 30.5 Å². The lowest BCUT2D eigenvalue weighted by atomic mass is 10.3. The van der Waals surface area contributed by atoms with Crippen LogP contribution >= 0.6 is 0 Å². The van der Waals surface area contributed by atoms with Gasteiger partial charge in [-0.15, -0.1) is 0 Å². The quantitative estimate of drug-likeness (QED) is 0.525. The van der Waals surface area contributed by atoms with Crippen LogP contribution in [0.4, 0.5) is 0 Å². The molecule has 9 heavy (non-hydrogen) atoms. The third kappa shape index (κ3) is 0.598. The first-order chi connectivity index (χ1) is 4.47. The molecular weight excluding hydrogens is 114 g/mol. The van der Waals surface area contributed by atoms with Gasteiger partial charge in [0.2, 0.25) is 0 Å². The van der Waals surface area contributed by atoms with E-state index in [-0.39, 0.29) is 0 Å². The van der Waals surface area contributed by atoms with E-state index in [0.29, 0.717) is 0 Å². The normalized spacial score (nSPS) is 10.2. The third-order valence-corrected chi connectivity index (χ3v) is 1.19. The lowest BCUT2D eigenvalue weighted by Crippen LogP contribution is -1.62. The average molecular weight is 118 g/mol. The van der Waals surface area contributed by atoms with Crippen molar-refractivity contribution in [3.63, 3.8) is 0 Å². The summed E-state index contributed by atoms with van der Waals surface area (Å²) < 4.78 is 4.68. The van der Waals surface area contributed by atoms with Crippen molar-refractivity contribution in [1.82, 2.24) is 5.16 Å². The van der Waals surface area contributed by atoms with Crippen LogP contribution in [0, 0.1) is 6.07 Å². The van der Waals surface area contributed by atoms with Gasteiger partial charge in [0.05, 0.1) is 0 Å². The van der Waals surface area contributed by atoms with E-state index < -0.39 is 0 Å². The molecule has 0 saturated heterocycles. The number of hydrogen-bond donors (Lipinski definition) is 0.